The second kappa shape index (κ2) is 6.45. The second-order valence-electron chi connectivity index (χ2n) is 7.44. The fourth-order valence-corrected chi connectivity index (χ4v) is 4.49. The van der Waals surface area contributed by atoms with Gasteiger partial charge in [-0.15, -0.1) is 0 Å². The van der Waals surface area contributed by atoms with Crippen LogP contribution in [0.25, 0.3) is 55.0 Å². The van der Waals surface area contributed by atoms with E-state index in [1.165, 1.54) is 0 Å². The van der Waals surface area contributed by atoms with Gasteiger partial charge in [0.2, 0.25) is 0 Å². The van der Waals surface area contributed by atoms with Gasteiger partial charge in [0.1, 0.15) is 11.3 Å². The average molecular weight is 407 g/mol. The zero-order valence-electron chi connectivity index (χ0n) is 15.9. The van der Waals surface area contributed by atoms with E-state index in [2.05, 4.69) is 24.3 Å². The number of fused-ring (bicyclic) bond motifs is 6. The maximum absolute atomic E-state index is 12.8. The summed E-state index contributed by atoms with van der Waals surface area (Å²) in [5.41, 5.74) is 3.76. The van der Waals surface area contributed by atoms with Gasteiger partial charge in [-0.3, -0.25) is 4.79 Å². The predicted molar refractivity (Wildman–Crippen MR) is 125 cm³/mol. The van der Waals surface area contributed by atoms with Gasteiger partial charge in [0.25, 0.3) is 0 Å². The van der Waals surface area contributed by atoms with Crippen molar-refractivity contribution in [3.05, 3.63) is 106 Å². The smallest absolute Gasteiger partial charge is 0.190 e. The number of halogens is 1. The van der Waals surface area contributed by atoms with E-state index in [4.69, 9.17) is 16.0 Å². The Morgan fingerprint density at radius 3 is 2.13 bits per heavy atom. The van der Waals surface area contributed by atoms with Gasteiger partial charge >= 0.3 is 0 Å². The van der Waals surface area contributed by atoms with Crippen molar-refractivity contribution in [2.24, 2.45) is 0 Å². The van der Waals surface area contributed by atoms with E-state index in [-0.39, 0.29) is 5.43 Å². The summed E-state index contributed by atoms with van der Waals surface area (Å²) in [6.07, 6.45) is 0. The molecule has 0 spiro atoms. The fourth-order valence-electron chi connectivity index (χ4n) is 4.37. The van der Waals surface area contributed by atoms with Gasteiger partial charge in [0.15, 0.2) is 5.43 Å². The molecule has 0 saturated heterocycles. The minimum atomic E-state index is -0.0384. The maximum atomic E-state index is 12.8. The van der Waals surface area contributed by atoms with Crippen molar-refractivity contribution in [3.63, 3.8) is 0 Å². The number of benzene rings is 5. The minimum Gasteiger partial charge on any atom is -0.455 e. The Morgan fingerprint density at radius 2 is 1.33 bits per heavy atom. The molecule has 0 bridgehead atoms. The summed E-state index contributed by atoms with van der Waals surface area (Å²) in [7, 11) is 0. The van der Waals surface area contributed by atoms with Crippen molar-refractivity contribution < 1.29 is 4.42 Å². The molecular weight excluding hydrogens is 392 g/mol. The first-order valence-electron chi connectivity index (χ1n) is 9.77. The van der Waals surface area contributed by atoms with E-state index in [1.807, 2.05) is 60.7 Å². The van der Waals surface area contributed by atoms with Crippen LogP contribution in [0.1, 0.15) is 0 Å². The molecule has 2 aliphatic rings. The Hall–Kier alpha value is -3.62. The van der Waals surface area contributed by atoms with E-state index < -0.39 is 0 Å². The molecule has 4 aromatic carbocycles. The third-order valence-corrected chi connectivity index (χ3v) is 5.97. The summed E-state index contributed by atoms with van der Waals surface area (Å²) in [6.45, 7) is 0. The lowest BCUT2D eigenvalue weighted by molar-refractivity contribution is 0.624. The molecule has 142 valence electrons. The van der Waals surface area contributed by atoms with Gasteiger partial charge in [-0.05, 0) is 34.5 Å². The molecule has 1 aliphatic heterocycles. The molecule has 0 amide bonds. The summed E-state index contributed by atoms with van der Waals surface area (Å²) >= 11 is 6.17. The highest BCUT2D eigenvalue weighted by Gasteiger charge is 2.22. The topological polar surface area (TPSA) is 30.2 Å². The first-order valence-corrected chi connectivity index (χ1v) is 10.1. The molecule has 0 aromatic heterocycles. The van der Waals surface area contributed by atoms with Crippen molar-refractivity contribution in [2.75, 3.05) is 0 Å². The number of hydrogen-bond donors (Lipinski definition) is 0. The lowest BCUT2D eigenvalue weighted by Crippen LogP contribution is -2.04. The lowest BCUT2D eigenvalue weighted by Gasteiger charge is -2.18. The average Bonchev–Trinajstić information content (AvgIpc) is 2.78. The third-order valence-electron chi connectivity index (χ3n) is 5.71. The summed E-state index contributed by atoms with van der Waals surface area (Å²) in [4.78, 5) is 12.8. The van der Waals surface area contributed by atoms with E-state index >= 15 is 0 Å². The van der Waals surface area contributed by atoms with E-state index in [0.29, 0.717) is 16.2 Å². The van der Waals surface area contributed by atoms with Crippen molar-refractivity contribution in [2.45, 2.75) is 0 Å². The normalized spacial score (nSPS) is 11.6. The first-order chi connectivity index (χ1) is 14.7. The summed E-state index contributed by atoms with van der Waals surface area (Å²) in [5.74, 6) is 0.590. The van der Waals surface area contributed by atoms with Crippen LogP contribution in [0.2, 0.25) is 5.02 Å². The number of hydrogen-bond acceptors (Lipinski definition) is 2. The van der Waals surface area contributed by atoms with Crippen LogP contribution in [0.15, 0.2) is 100 Å². The van der Waals surface area contributed by atoms with Gasteiger partial charge < -0.3 is 4.42 Å². The SMILES string of the molecule is O=c1cc2oc3c(ccc4ccccc43)c(-c3ccc(Cl)cc3)c-2c2ccccc12. The summed E-state index contributed by atoms with van der Waals surface area (Å²) in [6, 6.07) is 29.5. The van der Waals surface area contributed by atoms with E-state index in [0.717, 1.165) is 43.8 Å². The van der Waals surface area contributed by atoms with Crippen LogP contribution < -0.4 is 5.43 Å². The zero-order valence-corrected chi connectivity index (χ0v) is 16.6. The van der Waals surface area contributed by atoms with E-state index in [9.17, 15) is 4.79 Å². The van der Waals surface area contributed by atoms with Crippen LogP contribution in [0.4, 0.5) is 0 Å². The van der Waals surface area contributed by atoms with Crippen molar-refractivity contribution in [3.8, 4) is 22.5 Å². The standard InChI is InChI=1S/C27H15ClO2/c28-18-12-9-17(10-13-18)25-22-14-11-16-5-1-2-6-19(16)27(22)30-24-15-23(29)20-7-3-4-8-21(20)26(24)25/h1-15H. The molecule has 2 nitrogen and oxygen atoms in total. The van der Waals surface area contributed by atoms with Gasteiger partial charge in [-0.25, -0.2) is 0 Å². The van der Waals surface area contributed by atoms with Crippen molar-refractivity contribution >= 4 is 44.1 Å². The van der Waals surface area contributed by atoms with Gasteiger partial charge in [0.05, 0.1) is 0 Å². The van der Waals surface area contributed by atoms with Crippen LogP contribution in [-0.4, -0.2) is 0 Å². The molecule has 1 heterocycles. The summed E-state index contributed by atoms with van der Waals surface area (Å²) < 4.78 is 6.41. The fraction of sp³-hybridized carbons (Fsp3) is 0. The highest BCUT2D eigenvalue weighted by atomic mass is 35.5. The molecule has 1 aliphatic carbocycles. The van der Waals surface area contributed by atoms with Crippen molar-refractivity contribution in [1.82, 2.24) is 0 Å². The predicted octanol–water partition coefficient (Wildman–Crippen LogP) is 7.52. The molecule has 0 unspecified atom stereocenters. The zero-order chi connectivity index (χ0) is 20.2. The van der Waals surface area contributed by atoms with Crippen LogP contribution in [0.5, 0.6) is 0 Å². The summed E-state index contributed by atoms with van der Waals surface area (Å²) in [5, 5.41) is 5.39. The highest BCUT2D eigenvalue weighted by Crippen LogP contribution is 2.44. The largest absolute Gasteiger partial charge is 0.455 e. The lowest BCUT2D eigenvalue weighted by atomic mass is 9.89. The van der Waals surface area contributed by atoms with Gasteiger partial charge in [-0.1, -0.05) is 78.3 Å². The molecule has 0 fully saturated rings. The Bertz CT molecular complexity index is 1610. The molecule has 3 heteroatoms. The molecule has 0 atom stereocenters. The van der Waals surface area contributed by atoms with Crippen LogP contribution in [0, 0.1) is 0 Å². The van der Waals surface area contributed by atoms with E-state index in [1.54, 1.807) is 6.07 Å². The maximum Gasteiger partial charge on any atom is 0.190 e. The quantitative estimate of drug-likeness (QED) is 0.209. The van der Waals surface area contributed by atoms with Crippen molar-refractivity contribution in [1.29, 1.82) is 0 Å². The molecule has 4 aromatic rings. The molecule has 0 saturated carbocycles. The second-order valence-corrected chi connectivity index (χ2v) is 7.88. The third kappa shape index (κ3) is 2.47. The molecule has 30 heavy (non-hydrogen) atoms. The molecular formula is C27H15ClO2. The first kappa shape index (κ1) is 17.3. The Kier molecular flexibility index (Phi) is 3.71. The molecule has 0 N–H and O–H groups in total. The minimum absolute atomic E-state index is 0.0384. The Balaban J connectivity index is 1.92. The highest BCUT2D eigenvalue weighted by molar-refractivity contribution is 6.30. The monoisotopic (exact) mass is 406 g/mol. The van der Waals surface area contributed by atoms with Crippen LogP contribution in [-0.2, 0) is 0 Å². The van der Waals surface area contributed by atoms with Gasteiger partial charge in [0, 0.05) is 38.4 Å². The van der Waals surface area contributed by atoms with Crippen LogP contribution >= 0.6 is 11.6 Å². The van der Waals surface area contributed by atoms with Crippen LogP contribution in [0.3, 0.4) is 0 Å². The Labute approximate surface area is 177 Å². The molecule has 6 rings (SSSR count). The van der Waals surface area contributed by atoms with Gasteiger partial charge in [-0.2, -0.15) is 0 Å². The Morgan fingerprint density at radius 1 is 0.633 bits per heavy atom. The molecule has 0 radical (unpaired) electrons. The number of rotatable bonds is 1.